The van der Waals surface area contributed by atoms with Crippen LogP contribution in [0.15, 0.2) is 42.7 Å². The standard InChI is InChI=1S/C31H37N9O3/c41-27-4-2-1-3-24(27)25-11-26-28(36-35-25)32-18-23-19-39(9-10-40(23)26)30-33-16-22(17-34-30)38-7-5-37(6-8-38)21-14-31(15-21)12-20(13-31)29(42)43/h1-4,11,16-17,20-21,23,41H,5-10,12-15,18-19H2,(H,32,36)(H,42,43)/t20?,21?,23-,31?/m0/s1. The SMILES string of the molecule is O=C(O)C1CC2(C1)CC(N1CCN(c3cnc(N4CCN5c6cc(-c7ccccc7O)nnc6NC[C@H]5C4)nc3)CC1)C2. The van der Waals surface area contributed by atoms with Gasteiger partial charge in [0, 0.05) is 64.0 Å². The third-order valence-electron chi connectivity index (χ3n) is 10.4. The van der Waals surface area contributed by atoms with Gasteiger partial charge in [-0.3, -0.25) is 9.69 Å². The van der Waals surface area contributed by atoms with E-state index in [1.165, 1.54) is 0 Å². The molecular formula is C31H37N9O3. The quantitative estimate of drug-likeness (QED) is 0.408. The average molecular weight is 584 g/mol. The zero-order valence-electron chi connectivity index (χ0n) is 24.1. The van der Waals surface area contributed by atoms with E-state index in [1.54, 1.807) is 12.1 Å². The van der Waals surface area contributed by atoms with E-state index in [0.29, 0.717) is 22.7 Å². The third kappa shape index (κ3) is 4.68. The molecule has 5 aliphatic rings. The Morgan fingerprint density at radius 2 is 1.65 bits per heavy atom. The number of aliphatic carboxylic acids is 1. The summed E-state index contributed by atoms with van der Waals surface area (Å²) in [6, 6.07) is 10.1. The van der Waals surface area contributed by atoms with E-state index in [-0.39, 0.29) is 17.7 Å². The van der Waals surface area contributed by atoms with Crippen LogP contribution in [0.2, 0.25) is 0 Å². The lowest BCUT2D eigenvalue weighted by molar-refractivity contribution is -0.159. The maximum Gasteiger partial charge on any atom is 0.306 e. The Labute approximate surface area is 250 Å². The molecule has 2 aromatic heterocycles. The van der Waals surface area contributed by atoms with Crippen molar-refractivity contribution in [3.8, 4) is 17.0 Å². The van der Waals surface area contributed by atoms with Crippen molar-refractivity contribution in [1.29, 1.82) is 0 Å². The maximum absolute atomic E-state index is 11.2. The molecule has 1 atom stereocenters. The van der Waals surface area contributed by atoms with Gasteiger partial charge in [0.2, 0.25) is 5.95 Å². The molecule has 2 aliphatic carbocycles. The van der Waals surface area contributed by atoms with Crippen LogP contribution >= 0.6 is 0 Å². The number of piperazine rings is 2. The molecule has 43 heavy (non-hydrogen) atoms. The molecular weight excluding hydrogens is 546 g/mol. The van der Waals surface area contributed by atoms with Gasteiger partial charge < -0.3 is 30.2 Å². The molecule has 5 heterocycles. The van der Waals surface area contributed by atoms with Gasteiger partial charge in [0.05, 0.1) is 41.4 Å². The molecule has 224 valence electrons. The van der Waals surface area contributed by atoms with Gasteiger partial charge in [-0.2, -0.15) is 0 Å². The third-order valence-corrected chi connectivity index (χ3v) is 10.4. The van der Waals surface area contributed by atoms with Crippen molar-refractivity contribution in [3.05, 3.63) is 42.7 Å². The molecule has 1 aromatic carbocycles. The predicted molar refractivity (Wildman–Crippen MR) is 163 cm³/mol. The van der Waals surface area contributed by atoms with E-state index < -0.39 is 5.97 Å². The number of nitrogens with one attached hydrogen (secondary N) is 1. The average Bonchev–Trinajstić information content (AvgIpc) is 2.99. The molecule has 4 fully saturated rings. The van der Waals surface area contributed by atoms with Crippen LogP contribution in [0.1, 0.15) is 25.7 Å². The van der Waals surface area contributed by atoms with E-state index in [0.717, 1.165) is 101 Å². The zero-order valence-corrected chi connectivity index (χ0v) is 24.1. The fourth-order valence-electron chi connectivity index (χ4n) is 7.97. The smallest absolute Gasteiger partial charge is 0.306 e. The number of aromatic hydroxyl groups is 1. The Bertz CT molecular complexity index is 1510. The van der Waals surface area contributed by atoms with Crippen molar-refractivity contribution >= 4 is 29.1 Å². The first-order chi connectivity index (χ1) is 20.9. The summed E-state index contributed by atoms with van der Waals surface area (Å²) >= 11 is 0. The van der Waals surface area contributed by atoms with Crippen molar-refractivity contribution in [2.45, 2.75) is 37.8 Å². The lowest BCUT2D eigenvalue weighted by Crippen LogP contribution is -2.60. The van der Waals surface area contributed by atoms with Crippen LogP contribution in [0, 0.1) is 11.3 Å². The first-order valence-corrected chi connectivity index (χ1v) is 15.4. The van der Waals surface area contributed by atoms with Crippen molar-refractivity contribution < 1.29 is 15.0 Å². The van der Waals surface area contributed by atoms with Gasteiger partial charge in [-0.25, -0.2) is 9.97 Å². The number of fused-ring (bicyclic) bond motifs is 3. The fourth-order valence-corrected chi connectivity index (χ4v) is 7.97. The van der Waals surface area contributed by atoms with Crippen LogP contribution in [0.4, 0.5) is 23.1 Å². The van der Waals surface area contributed by atoms with Gasteiger partial charge in [-0.1, -0.05) is 12.1 Å². The summed E-state index contributed by atoms with van der Waals surface area (Å²) in [4.78, 5) is 30.4. The maximum atomic E-state index is 11.2. The van der Waals surface area contributed by atoms with Gasteiger partial charge in [0.15, 0.2) is 5.82 Å². The van der Waals surface area contributed by atoms with Gasteiger partial charge in [0.1, 0.15) is 5.75 Å². The van der Waals surface area contributed by atoms with Crippen LogP contribution in [0.5, 0.6) is 5.75 Å². The molecule has 2 saturated heterocycles. The Hall–Kier alpha value is -4.19. The van der Waals surface area contributed by atoms with Crippen LogP contribution in [-0.2, 0) is 4.79 Å². The van der Waals surface area contributed by atoms with Crippen molar-refractivity contribution in [2.24, 2.45) is 11.3 Å². The lowest BCUT2D eigenvalue weighted by atomic mass is 9.49. The van der Waals surface area contributed by atoms with E-state index in [2.05, 4.69) is 35.1 Å². The number of anilines is 4. The predicted octanol–water partition coefficient (Wildman–Crippen LogP) is 2.53. The Balaban J connectivity index is 0.866. The van der Waals surface area contributed by atoms with E-state index in [4.69, 9.17) is 9.97 Å². The molecule has 3 N–H and O–H groups in total. The lowest BCUT2D eigenvalue weighted by Gasteiger charge is -2.60. The molecule has 0 bridgehead atoms. The molecule has 8 rings (SSSR count). The molecule has 3 aliphatic heterocycles. The van der Waals surface area contributed by atoms with Crippen molar-refractivity contribution in [2.75, 3.05) is 72.4 Å². The fraction of sp³-hybridized carbons (Fsp3) is 0.516. The second-order valence-corrected chi connectivity index (χ2v) is 12.9. The first kappa shape index (κ1) is 26.4. The summed E-state index contributed by atoms with van der Waals surface area (Å²) in [5, 5.41) is 31.7. The van der Waals surface area contributed by atoms with E-state index in [1.807, 2.05) is 30.6 Å². The molecule has 1 spiro atoms. The van der Waals surface area contributed by atoms with Crippen LogP contribution in [-0.4, -0.2) is 106 Å². The summed E-state index contributed by atoms with van der Waals surface area (Å²) < 4.78 is 0. The summed E-state index contributed by atoms with van der Waals surface area (Å²) in [7, 11) is 0. The molecule has 3 aromatic rings. The van der Waals surface area contributed by atoms with E-state index >= 15 is 0 Å². The first-order valence-electron chi connectivity index (χ1n) is 15.4. The summed E-state index contributed by atoms with van der Waals surface area (Å²) in [5.41, 5.74) is 3.73. The summed E-state index contributed by atoms with van der Waals surface area (Å²) in [6.07, 6.45) is 8.00. The largest absolute Gasteiger partial charge is 0.507 e. The van der Waals surface area contributed by atoms with Crippen LogP contribution in [0.3, 0.4) is 0 Å². The number of carboxylic acids is 1. The number of phenolic OH excluding ortho intramolecular Hbond substituents is 1. The number of carboxylic acid groups (broad SMARTS) is 1. The zero-order chi connectivity index (χ0) is 29.1. The number of para-hydroxylation sites is 1. The minimum Gasteiger partial charge on any atom is -0.507 e. The normalized spacial score (nSPS) is 28.4. The highest BCUT2D eigenvalue weighted by atomic mass is 16.4. The number of benzene rings is 1. The number of hydrogen-bond acceptors (Lipinski definition) is 11. The number of rotatable bonds is 5. The van der Waals surface area contributed by atoms with Crippen LogP contribution in [0.25, 0.3) is 11.3 Å². The minimum absolute atomic E-state index is 0.111. The second kappa shape index (κ2) is 10.2. The molecule has 0 amide bonds. The molecule has 12 heteroatoms. The number of hydrogen-bond donors (Lipinski definition) is 3. The van der Waals surface area contributed by atoms with Gasteiger partial charge >= 0.3 is 5.97 Å². The highest BCUT2D eigenvalue weighted by Crippen LogP contribution is 2.60. The topological polar surface area (TPSA) is 134 Å². The number of carbonyl (C=O) groups is 1. The number of aromatic nitrogens is 4. The number of nitrogens with zero attached hydrogens (tertiary/aromatic N) is 8. The van der Waals surface area contributed by atoms with E-state index in [9.17, 15) is 15.0 Å². The van der Waals surface area contributed by atoms with Gasteiger partial charge in [-0.05, 0) is 49.3 Å². The molecule has 12 nitrogen and oxygen atoms in total. The van der Waals surface area contributed by atoms with Crippen LogP contribution < -0.4 is 20.0 Å². The Morgan fingerprint density at radius 1 is 0.907 bits per heavy atom. The second-order valence-electron chi connectivity index (χ2n) is 12.9. The highest BCUT2D eigenvalue weighted by Gasteiger charge is 2.56. The Kier molecular flexibility index (Phi) is 6.28. The van der Waals surface area contributed by atoms with Gasteiger partial charge in [-0.15, -0.1) is 10.2 Å². The monoisotopic (exact) mass is 583 g/mol. The molecule has 0 radical (unpaired) electrons. The summed E-state index contributed by atoms with van der Waals surface area (Å²) in [5.74, 6) is 0.999. The Morgan fingerprint density at radius 3 is 2.40 bits per heavy atom. The van der Waals surface area contributed by atoms with Crippen molar-refractivity contribution in [3.63, 3.8) is 0 Å². The molecule has 2 saturated carbocycles. The summed E-state index contributed by atoms with van der Waals surface area (Å²) in [6.45, 7) is 7.16. The van der Waals surface area contributed by atoms with Gasteiger partial charge in [0.25, 0.3) is 0 Å². The highest BCUT2D eigenvalue weighted by molar-refractivity contribution is 5.77. The van der Waals surface area contributed by atoms with Crippen molar-refractivity contribution in [1.82, 2.24) is 25.1 Å². The number of phenols is 1. The minimum atomic E-state index is -0.620. The molecule has 0 unspecified atom stereocenters.